The van der Waals surface area contributed by atoms with E-state index in [0.717, 1.165) is 17.7 Å². The lowest BCUT2D eigenvalue weighted by atomic mass is 10.1. The molecule has 1 aliphatic rings. The number of carbonyl (C=O) groups is 2. The highest BCUT2D eigenvalue weighted by atomic mass is 19.4. The molecule has 0 fully saturated rings. The number of alkyl halides is 3. The van der Waals surface area contributed by atoms with Crippen molar-refractivity contribution in [2.24, 2.45) is 0 Å². The Hall–Kier alpha value is -3.03. The van der Waals surface area contributed by atoms with Crippen molar-refractivity contribution in [3.63, 3.8) is 0 Å². The van der Waals surface area contributed by atoms with E-state index in [4.69, 9.17) is 4.74 Å². The number of Topliss-reactive ketones (excluding diaryl/α,β-unsaturated/α-hetero) is 1. The zero-order chi connectivity index (χ0) is 18.7. The third-order valence-corrected chi connectivity index (χ3v) is 3.77. The van der Waals surface area contributed by atoms with Gasteiger partial charge in [-0.2, -0.15) is 0 Å². The summed E-state index contributed by atoms with van der Waals surface area (Å²) in [4.78, 5) is 23.6. The van der Waals surface area contributed by atoms with E-state index in [2.05, 4.69) is 10.1 Å². The molecule has 0 saturated heterocycles. The minimum absolute atomic E-state index is 0.0519. The predicted molar refractivity (Wildman–Crippen MR) is 86.3 cm³/mol. The van der Waals surface area contributed by atoms with E-state index < -0.39 is 12.3 Å². The van der Waals surface area contributed by atoms with Gasteiger partial charge in [0.25, 0.3) is 5.91 Å². The van der Waals surface area contributed by atoms with E-state index in [-0.39, 0.29) is 18.1 Å². The van der Waals surface area contributed by atoms with Crippen LogP contribution in [0.2, 0.25) is 0 Å². The molecule has 0 aromatic heterocycles. The number of halogens is 3. The SMILES string of the molecule is O=C(COc1cccc2c1CCC2=O)Nc1ccc(OC(F)(F)F)cc1. The molecule has 0 aliphatic heterocycles. The fourth-order valence-corrected chi connectivity index (χ4v) is 2.67. The molecule has 0 bridgehead atoms. The summed E-state index contributed by atoms with van der Waals surface area (Å²) in [6.07, 6.45) is -3.77. The van der Waals surface area contributed by atoms with Crippen molar-refractivity contribution in [1.29, 1.82) is 0 Å². The number of amides is 1. The van der Waals surface area contributed by atoms with Crippen LogP contribution in [0.1, 0.15) is 22.3 Å². The van der Waals surface area contributed by atoms with E-state index in [0.29, 0.717) is 29.8 Å². The lowest BCUT2D eigenvalue weighted by Gasteiger charge is -2.11. The maximum Gasteiger partial charge on any atom is 0.573 e. The van der Waals surface area contributed by atoms with Gasteiger partial charge in [-0.05, 0) is 36.8 Å². The summed E-state index contributed by atoms with van der Waals surface area (Å²) < 4.78 is 45.5. The second-order valence-corrected chi connectivity index (χ2v) is 5.61. The number of ether oxygens (including phenoxy) is 2. The van der Waals surface area contributed by atoms with Crippen molar-refractivity contribution in [2.45, 2.75) is 19.2 Å². The zero-order valence-corrected chi connectivity index (χ0v) is 13.4. The lowest BCUT2D eigenvalue weighted by molar-refractivity contribution is -0.274. The Morgan fingerprint density at radius 3 is 2.50 bits per heavy atom. The summed E-state index contributed by atoms with van der Waals surface area (Å²) in [5.74, 6) is -0.318. The van der Waals surface area contributed by atoms with Gasteiger partial charge in [0.2, 0.25) is 0 Å². The molecule has 2 aromatic rings. The third-order valence-electron chi connectivity index (χ3n) is 3.77. The standard InChI is InChI=1S/C18H14F3NO4/c19-18(20,21)26-12-6-4-11(5-7-12)22-17(24)10-25-16-3-1-2-13-14(16)8-9-15(13)23/h1-7H,8-10H2,(H,22,24). The van der Waals surface area contributed by atoms with Gasteiger partial charge in [0, 0.05) is 23.2 Å². The largest absolute Gasteiger partial charge is 0.573 e. The van der Waals surface area contributed by atoms with Crippen molar-refractivity contribution in [2.75, 3.05) is 11.9 Å². The monoisotopic (exact) mass is 365 g/mol. The van der Waals surface area contributed by atoms with E-state index in [1.807, 2.05) is 0 Å². The molecule has 5 nitrogen and oxygen atoms in total. The van der Waals surface area contributed by atoms with Crippen LogP contribution in [0.4, 0.5) is 18.9 Å². The van der Waals surface area contributed by atoms with Crippen LogP contribution in [-0.2, 0) is 11.2 Å². The molecule has 3 rings (SSSR count). The molecule has 1 aliphatic carbocycles. The van der Waals surface area contributed by atoms with Crippen molar-refractivity contribution >= 4 is 17.4 Å². The van der Waals surface area contributed by atoms with Gasteiger partial charge in [0.1, 0.15) is 11.5 Å². The topological polar surface area (TPSA) is 64.6 Å². The summed E-state index contributed by atoms with van der Waals surface area (Å²) in [6.45, 7) is -0.286. The highest BCUT2D eigenvalue weighted by Gasteiger charge is 2.31. The van der Waals surface area contributed by atoms with Crippen LogP contribution in [0.25, 0.3) is 0 Å². The molecule has 0 atom stereocenters. The fourth-order valence-electron chi connectivity index (χ4n) is 2.67. The highest BCUT2D eigenvalue weighted by Crippen LogP contribution is 2.30. The minimum Gasteiger partial charge on any atom is -0.483 e. The molecule has 0 saturated carbocycles. The summed E-state index contributed by atoms with van der Waals surface area (Å²) in [5.41, 5.74) is 1.71. The number of anilines is 1. The van der Waals surface area contributed by atoms with Gasteiger partial charge in [-0.3, -0.25) is 9.59 Å². The average molecular weight is 365 g/mol. The number of benzene rings is 2. The number of rotatable bonds is 5. The van der Waals surface area contributed by atoms with E-state index in [1.165, 1.54) is 12.1 Å². The maximum atomic E-state index is 12.1. The predicted octanol–water partition coefficient (Wildman–Crippen LogP) is 3.73. The first-order valence-corrected chi connectivity index (χ1v) is 7.75. The molecule has 2 aromatic carbocycles. The van der Waals surface area contributed by atoms with Crippen LogP contribution in [-0.4, -0.2) is 24.7 Å². The Morgan fingerprint density at radius 1 is 1.08 bits per heavy atom. The van der Waals surface area contributed by atoms with E-state index in [9.17, 15) is 22.8 Å². The van der Waals surface area contributed by atoms with Crippen molar-refractivity contribution in [3.05, 3.63) is 53.6 Å². The van der Waals surface area contributed by atoms with Gasteiger partial charge in [-0.25, -0.2) is 0 Å². The summed E-state index contributed by atoms with van der Waals surface area (Å²) >= 11 is 0. The zero-order valence-electron chi connectivity index (χ0n) is 13.4. The second kappa shape index (κ2) is 7.07. The Bertz CT molecular complexity index is 831. The smallest absolute Gasteiger partial charge is 0.483 e. The lowest BCUT2D eigenvalue weighted by Crippen LogP contribution is -2.20. The molecule has 0 spiro atoms. The molecule has 0 radical (unpaired) electrons. The Balaban J connectivity index is 1.56. The molecule has 26 heavy (non-hydrogen) atoms. The van der Waals surface area contributed by atoms with Crippen LogP contribution in [0.15, 0.2) is 42.5 Å². The average Bonchev–Trinajstić information content (AvgIpc) is 2.95. The van der Waals surface area contributed by atoms with Crippen molar-refractivity contribution < 1.29 is 32.2 Å². The summed E-state index contributed by atoms with van der Waals surface area (Å²) in [7, 11) is 0. The number of nitrogens with one attached hydrogen (secondary N) is 1. The first-order chi connectivity index (χ1) is 12.3. The van der Waals surface area contributed by atoms with E-state index in [1.54, 1.807) is 18.2 Å². The second-order valence-electron chi connectivity index (χ2n) is 5.61. The Kier molecular flexibility index (Phi) is 4.83. The van der Waals surface area contributed by atoms with Gasteiger partial charge >= 0.3 is 6.36 Å². The van der Waals surface area contributed by atoms with Crippen molar-refractivity contribution in [3.8, 4) is 11.5 Å². The van der Waals surface area contributed by atoms with Gasteiger partial charge in [-0.15, -0.1) is 13.2 Å². The molecular weight excluding hydrogens is 351 g/mol. The van der Waals surface area contributed by atoms with Crippen LogP contribution in [0, 0.1) is 0 Å². The number of carbonyl (C=O) groups excluding carboxylic acids is 2. The molecular formula is C18H14F3NO4. The number of fused-ring (bicyclic) bond motifs is 1. The first kappa shape index (κ1) is 17.8. The van der Waals surface area contributed by atoms with E-state index >= 15 is 0 Å². The molecule has 136 valence electrons. The molecule has 1 amide bonds. The van der Waals surface area contributed by atoms with Crippen LogP contribution >= 0.6 is 0 Å². The number of hydrogen-bond donors (Lipinski definition) is 1. The first-order valence-electron chi connectivity index (χ1n) is 7.75. The third kappa shape index (κ3) is 4.33. The van der Waals surface area contributed by atoms with Gasteiger partial charge in [0.05, 0.1) is 0 Å². The van der Waals surface area contributed by atoms with Crippen LogP contribution < -0.4 is 14.8 Å². The Labute approximate surface area is 146 Å². The normalized spacial score (nSPS) is 13.3. The number of hydrogen-bond acceptors (Lipinski definition) is 4. The van der Waals surface area contributed by atoms with Crippen molar-refractivity contribution in [1.82, 2.24) is 0 Å². The molecule has 1 N–H and O–H groups in total. The number of ketones is 1. The van der Waals surface area contributed by atoms with Gasteiger partial charge < -0.3 is 14.8 Å². The quantitative estimate of drug-likeness (QED) is 0.877. The van der Waals surface area contributed by atoms with Gasteiger partial charge in [-0.1, -0.05) is 12.1 Å². The molecule has 0 heterocycles. The Morgan fingerprint density at radius 2 is 1.81 bits per heavy atom. The van der Waals surface area contributed by atoms with Gasteiger partial charge in [0.15, 0.2) is 12.4 Å². The molecule has 0 unspecified atom stereocenters. The minimum atomic E-state index is -4.77. The summed E-state index contributed by atoms with van der Waals surface area (Å²) in [6, 6.07) is 9.87. The summed E-state index contributed by atoms with van der Waals surface area (Å²) in [5, 5.41) is 2.51. The maximum absolute atomic E-state index is 12.1. The fraction of sp³-hybridized carbons (Fsp3) is 0.222. The molecule has 8 heteroatoms. The van der Waals surface area contributed by atoms with Crippen LogP contribution in [0.3, 0.4) is 0 Å². The van der Waals surface area contributed by atoms with Crippen LogP contribution in [0.5, 0.6) is 11.5 Å². The highest BCUT2D eigenvalue weighted by molar-refractivity contribution is 6.01.